The lowest BCUT2D eigenvalue weighted by atomic mass is 9.85. The fourth-order valence-electron chi connectivity index (χ4n) is 2.88. The molecule has 4 heteroatoms. The molecule has 0 radical (unpaired) electrons. The Kier molecular flexibility index (Phi) is 3.34. The summed E-state index contributed by atoms with van der Waals surface area (Å²) in [4.78, 5) is 8.43. The number of pyridine rings is 1. The van der Waals surface area contributed by atoms with Crippen molar-refractivity contribution in [3.05, 3.63) is 36.9 Å². The molecule has 2 aromatic rings. The highest BCUT2D eigenvalue weighted by atomic mass is 16.3. The van der Waals surface area contributed by atoms with Gasteiger partial charge in [-0.2, -0.15) is 0 Å². The molecule has 0 aliphatic heterocycles. The van der Waals surface area contributed by atoms with Crippen LogP contribution in [0.4, 0.5) is 0 Å². The number of nitrogens with zero attached hydrogens (tertiary/aromatic N) is 3. The minimum atomic E-state index is -0.569. The molecule has 0 saturated heterocycles. The predicted octanol–water partition coefficient (Wildman–Crippen LogP) is 2.64. The van der Waals surface area contributed by atoms with E-state index in [9.17, 15) is 5.11 Å². The first-order valence-electron chi connectivity index (χ1n) is 6.91. The summed E-state index contributed by atoms with van der Waals surface area (Å²) >= 11 is 0. The lowest BCUT2D eigenvalue weighted by molar-refractivity contribution is -0.0111. The Bertz CT molecular complexity index is 529. The van der Waals surface area contributed by atoms with Crippen LogP contribution in [0.15, 0.2) is 36.9 Å². The number of hydrogen-bond donors (Lipinski definition) is 1. The van der Waals surface area contributed by atoms with E-state index in [1.54, 1.807) is 18.6 Å². The Hall–Kier alpha value is -1.68. The zero-order valence-corrected chi connectivity index (χ0v) is 11.0. The molecule has 1 aliphatic carbocycles. The Labute approximate surface area is 113 Å². The summed E-state index contributed by atoms with van der Waals surface area (Å²) in [5, 5.41) is 10.7. The molecule has 1 fully saturated rings. The van der Waals surface area contributed by atoms with Crippen LogP contribution in [0, 0.1) is 0 Å². The van der Waals surface area contributed by atoms with E-state index >= 15 is 0 Å². The van der Waals surface area contributed by atoms with Gasteiger partial charge in [0.05, 0.1) is 12.1 Å². The molecule has 2 heterocycles. The number of aliphatic hydroxyl groups is 1. The van der Waals surface area contributed by atoms with Crippen LogP contribution in [-0.4, -0.2) is 25.2 Å². The topological polar surface area (TPSA) is 50.9 Å². The molecule has 4 nitrogen and oxygen atoms in total. The maximum Gasteiger partial charge on any atom is 0.140 e. The van der Waals surface area contributed by atoms with Gasteiger partial charge in [0.25, 0.3) is 0 Å². The molecule has 1 N–H and O–H groups in total. The molecule has 3 rings (SSSR count). The molecule has 0 amide bonds. The maximum absolute atomic E-state index is 10.7. The second-order valence-electron chi connectivity index (χ2n) is 5.40. The lowest BCUT2D eigenvalue weighted by Crippen LogP contribution is -2.36. The molecule has 19 heavy (non-hydrogen) atoms. The van der Waals surface area contributed by atoms with Crippen molar-refractivity contribution in [3.63, 3.8) is 0 Å². The van der Waals surface area contributed by atoms with Gasteiger partial charge in [-0.15, -0.1) is 0 Å². The third-order valence-electron chi connectivity index (χ3n) is 3.90. The number of aromatic nitrogens is 3. The minimum Gasteiger partial charge on any atom is -0.388 e. The first-order chi connectivity index (χ1) is 9.27. The second kappa shape index (κ2) is 5.13. The fraction of sp³-hybridized carbons (Fsp3) is 0.467. The molecule has 0 unspecified atom stereocenters. The van der Waals surface area contributed by atoms with Crippen LogP contribution in [0.25, 0.3) is 11.4 Å². The van der Waals surface area contributed by atoms with Crippen molar-refractivity contribution in [2.75, 3.05) is 0 Å². The Balaban J connectivity index is 1.84. The van der Waals surface area contributed by atoms with Crippen molar-refractivity contribution < 1.29 is 5.11 Å². The standard InChI is InChI=1S/C15H19N3O/c19-15(6-2-1-3-7-15)12-18-11-10-17-14(18)13-4-8-16-9-5-13/h4-5,8-11,19H,1-3,6-7,12H2. The Morgan fingerprint density at radius 1 is 1.11 bits per heavy atom. The SMILES string of the molecule is OC1(Cn2ccnc2-c2ccncc2)CCCCC1. The summed E-state index contributed by atoms with van der Waals surface area (Å²) in [5.74, 6) is 0.904. The second-order valence-corrected chi connectivity index (χ2v) is 5.40. The molecule has 1 aliphatic rings. The summed E-state index contributed by atoms with van der Waals surface area (Å²) in [7, 11) is 0. The van der Waals surface area contributed by atoms with Gasteiger partial charge in [0.1, 0.15) is 5.82 Å². The number of imidazole rings is 1. The highest BCUT2D eigenvalue weighted by Crippen LogP contribution is 2.30. The molecule has 1 saturated carbocycles. The van der Waals surface area contributed by atoms with E-state index in [-0.39, 0.29) is 0 Å². The zero-order chi connectivity index (χ0) is 13.1. The van der Waals surface area contributed by atoms with Crippen LogP contribution >= 0.6 is 0 Å². The summed E-state index contributed by atoms with van der Waals surface area (Å²) in [6.07, 6.45) is 12.5. The van der Waals surface area contributed by atoms with Gasteiger partial charge in [-0.25, -0.2) is 4.98 Å². The van der Waals surface area contributed by atoms with Gasteiger partial charge in [-0.05, 0) is 25.0 Å². The van der Waals surface area contributed by atoms with Gasteiger partial charge in [0, 0.05) is 30.4 Å². The van der Waals surface area contributed by atoms with Gasteiger partial charge in [-0.1, -0.05) is 19.3 Å². The van der Waals surface area contributed by atoms with Gasteiger partial charge in [0.15, 0.2) is 0 Å². The van der Waals surface area contributed by atoms with Crippen LogP contribution in [0.5, 0.6) is 0 Å². The van der Waals surface area contributed by atoms with Gasteiger partial charge < -0.3 is 9.67 Å². The van der Waals surface area contributed by atoms with Crippen molar-refractivity contribution in [1.82, 2.24) is 14.5 Å². The van der Waals surface area contributed by atoms with Crippen LogP contribution < -0.4 is 0 Å². The van der Waals surface area contributed by atoms with E-state index in [1.165, 1.54) is 6.42 Å². The molecular formula is C15H19N3O. The van der Waals surface area contributed by atoms with Gasteiger partial charge in [0.2, 0.25) is 0 Å². The lowest BCUT2D eigenvalue weighted by Gasteiger charge is -2.32. The summed E-state index contributed by atoms with van der Waals surface area (Å²) in [6, 6.07) is 3.90. The first kappa shape index (κ1) is 12.4. The predicted molar refractivity (Wildman–Crippen MR) is 73.5 cm³/mol. The van der Waals surface area contributed by atoms with E-state index in [1.807, 2.05) is 18.3 Å². The van der Waals surface area contributed by atoms with E-state index in [4.69, 9.17) is 0 Å². The van der Waals surface area contributed by atoms with Gasteiger partial charge >= 0.3 is 0 Å². The highest BCUT2D eigenvalue weighted by molar-refractivity contribution is 5.54. The largest absolute Gasteiger partial charge is 0.388 e. The van der Waals surface area contributed by atoms with E-state index in [2.05, 4.69) is 14.5 Å². The van der Waals surface area contributed by atoms with E-state index in [0.717, 1.165) is 37.1 Å². The normalized spacial score (nSPS) is 18.4. The van der Waals surface area contributed by atoms with Gasteiger partial charge in [-0.3, -0.25) is 4.98 Å². The van der Waals surface area contributed by atoms with Crippen molar-refractivity contribution in [2.24, 2.45) is 0 Å². The first-order valence-corrected chi connectivity index (χ1v) is 6.91. The quantitative estimate of drug-likeness (QED) is 0.919. The molecular weight excluding hydrogens is 238 g/mol. The molecule has 0 atom stereocenters. The third kappa shape index (κ3) is 2.68. The highest BCUT2D eigenvalue weighted by Gasteiger charge is 2.30. The molecule has 2 aromatic heterocycles. The smallest absolute Gasteiger partial charge is 0.140 e. The molecule has 0 aromatic carbocycles. The third-order valence-corrected chi connectivity index (χ3v) is 3.90. The zero-order valence-electron chi connectivity index (χ0n) is 11.0. The van der Waals surface area contributed by atoms with Crippen molar-refractivity contribution in [1.29, 1.82) is 0 Å². The summed E-state index contributed by atoms with van der Waals surface area (Å²) < 4.78 is 2.06. The average molecular weight is 257 g/mol. The molecule has 0 spiro atoms. The monoisotopic (exact) mass is 257 g/mol. The Morgan fingerprint density at radius 3 is 2.58 bits per heavy atom. The maximum atomic E-state index is 10.7. The summed E-state index contributed by atoms with van der Waals surface area (Å²) in [6.45, 7) is 0.630. The Morgan fingerprint density at radius 2 is 1.84 bits per heavy atom. The van der Waals surface area contributed by atoms with Crippen molar-refractivity contribution >= 4 is 0 Å². The summed E-state index contributed by atoms with van der Waals surface area (Å²) in [5.41, 5.74) is 0.472. The van der Waals surface area contributed by atoms with Crippen LogP contribution in [0.2, 0.25) is 0 Å². The van der Waals surface area contributed by atoms with Crippen molar-refractivity contribution in [2.45, 2.75) is 44.2 Å². The molecule has 0 bridgehead atoms. The minimum absolute atomic E-state index is 0.569. The van der Waals surface area contributed by atoms with Crippen LogP contribution in [0.1, 0.15) is 32.1 Å². The van der Waals surface area contributed by atoms with E-state index in [0.29, 0.717) is 6.54 Å². The number of hydrogen-bond acceptors (Lipinski definition) is 3. The number of rotatable bonds is 3. The van der Waals surface area contributed by atoms with E-state index < -0.39 is 5.60 Å². The van der Waals surface area contributed by atoms with Crippen LogP contribution in [-0.2, 0) is 6.54 Å². The fourth-order valence-corrected chi connectivity index (χ4v) is 2.88. The molecule has 100 valence electrons. The average Bonchev–Trinajstić information content (AvgIpc) is 2.88. The van der Waals surface area contributed by atoms with Crippen molar-refractivity contribution in [3.8, 4) is 11.4 Å². The van der Waals surface area contributed by atoms with Crippen LogP contribution in [0.3, 0.4) is 0 Å².